The molecule has 0 saturated carbocycles. The first-order valence-corrected chi connectivity index (χ1v) is 6.53. The van der Waals surface area contributed by atoms with Crippen LogP contribution in [0.25, 0.3) is 0 Å². The molecule has 8 heteroatoms. The van der Waals surface area contributed by atoms with Gasteiger partial charge in [-0.15, -0.1) is 0 Å². The molecule has 2 rings (SSSR count). The van der Waals surface area contributed by atoms with Crippen LogP contribution in [-0.4, -0.2) is 57.2 Å². The zero-order valence-electron chi connectivity index (χ0n) is 12.0. The molecule has 2 heterocycles. The molecule has 0 aromatic carbocycles. The standard InChI is InChI=1S/C12H20N6O2/c1-12(2,3)20-11(19)18-5-4-13-10(7-18)14-6-9-15-8-16-17-9/h8H,4-7H2,1-3H3,(H,13,14)(H,15,16,17). The molecule has 0 aliphatic carbocycles. The Bertz CT molecular complexity index is 477. The summed E-state index contributed by atoms with van der Waals surface area (Å²) >= 11 is 0. The fourth-order valence-corrected chi connectivity index (χ4v) is 1.71. The third-order valence-corrected chi connectivity index (χ3v) is 2.59. The van der Waals surface area contributed by atoms with Gasteiger partial charge in [0, 0.05) is 6.54 Å². The molecular weight excluding hydrogens is 260 g/mol. The number of nitrogens with zero attached hydrogens (tertiary/aromatic N) is 4. The number of rotatable bonds is 2. The van der Waals surface area contributed by atoms with Crippen LogP contribution in [-0.2, 0) is 11.3 Å². The highest BCUT2D eigenvalue weighted by atomic mass is 16.6. The van der Waals surface area contributed by atoms with Crippen molar-refractivity contribution in [1.82, 2.24) is 25.4 Å². The second-order valence-corrected chi connectivity index (χ2v) is 5.52. The molecule has 0 atom stereocenters. The van der Waals surface area contributed by atoms with Gasteiger partial charge in [0.15, 0.2) is 0 Å². The van der Waals surface area contributed by atoms with Crippen LogP contribution in [0.1, 0.15) is 26.6 Å². The van der Waals surface area contributed by atoms with Crippen LogP contribution in [0.15, 0.2) is 11.3 Å². The predicted molar refractivity (Wildman–Crippen MR) is 73.3 cm³/mol. The molecule has 0 unspecified atom stereocenters. The first-order chi connectivity index (χ1) is 9.44. The summed E-state index contributed by atoms with van der Waals surface area (Å²) < 4.78 is 5.35. The van der Waals surface area contributed by atoms with E-state index in [2.05, 4.69) is 25.5 Å². The highest BCUT2D eigenvalue weighted by molar-refractivity contribution is 5.87. The number of hydrogen-bond donors (Lipinski definition) is 2. The summed E-state index contributed by atoms with van der Waals surface area (Å²) in [6.45, 7) is 7.62. The van der Waals surface area contributed by atoms with Crippen molar-refractivity contribution in [3.8, 4) is 0 Å². The number of aliphatic imine (C=N–C) groups is 1. The van der Waals surface area contributed by atoms with E-state index in [4.69, 9.17) is 4.74 Å². The zero-order valence-corrected chi connectivity index (χ0v) is 12.0. The normalized spacial score (nSPS) is 15.8. The number of aromatic nitrogens is 3. The lowest BCUT2D eigenvalue weighted by atomic mass is 10.2. The Morgan fingerprint density at radius 2 is 2.35 bits per heavy atom. The second kappa shape index (κ2) is 5.89. The minimum absolute atomic E-state index is 0.314. The summed E-state index contributed by atoms with van der Waals surface area (Å²) in [6.07, 6.45) is 1.14. The zero-order chi connectivity index (χ0) is 14.6. The summed E-state index contributed by atoms with van der Waals surface area (Å²) in [7, 11) is 0. The molecule has 110 valence electrons. The topological polar surface area (TPSA) is 95.5 Å². The van der Waals surface area contributed by atoms with Crippen LogP contribution < -0.4 is 5.32 Å². The summed E-state index contributed by atoms with van der Waals surface area (Å²) in [5, 5.41) is 9.67. The maximum Gasteiger partial charge on any atom is 0.410 e. The summed E-state index contributed by atoms with van der Waals surface area (Å²) in [5.41, 5.74) is -0.487. The van der Waals surface area contributed by atoms with E-state index in [0.29, 0.717) is 26.2 Å². The van der Waals surface area contributed by atoms with Gasteiger partial charge in [-0.25, -0.2) is 9.78 Å². The van der Waals surface area contributed by atoms with Crippen LogP contribution in [0.4, 0.5) is 4.79 Å². The van der Waals surface area contributed by atoms with Gasteiger partial charge in [-0.2, -0.15) is 5.10 Å². The molecule has 2 N–H and O–H groups in total. The Kier molecular flexibility index (Phi) is 4.21. The van der Waals surface area contributed by atoms with Crippen LogP contribution in [0.3, 0.4) is 0 Å². The maximum atomic E-state index is 12.0. The fraction of sp³-hybridized carbons (Fsp3) is 0.667. The molecule has 1 amide bonds. The molecule has 0 radical (unpaired) electrons. The van der Waals surface area contributed by atoms with Gasteiger partial charge >= 0.3 is 6.09 Å². The molecule has 1 aromatic rings. The number of hydrogen-bond acceptors (Lipinski definition) is 6. The minimum Gasteiger partial charge on any atom is -0.444 e. The molecule has 1 aliphatic heterocycles. The van der Waals surface area contributed by atoms with Gasteiger partial charge in [0.1, 0.15) is 23.6 Å². The number of amides is 1. The Balaban J connectivity index is 1.84. The average Bonchev–Trinajstić information content (AvgIpc) is 2.88. The molecule has 1 aliphatic rings. The van der Waals surface area contributed by atoms with Gasteiger partial charge in [-0.3, -0.25) is 15.0 Å². The summed E-state index contributed by atoms with van der Waals surface area (Å²) in [6, 6.07) is 0. The lowest BCUT2D eigenvalue weighted by Crippen LogP contribution is -2.47. The predicted octanol–water partition coefficient (Wildman–Crippen LogP) is 0.543. The Morgan fingerprint density at radius 1 is 1.55 bits per heavy atom. The van der Waals surface area contributed by atoms with E-state index in [9.17, 15) is 4.79 Å². The molecule has 0 bridgehead atoms. The molecule has 0 fully saturated rings. The lowest BCUT2D eigenvalue weighted by Gasteiger charge is -2.29. The molecule has 8 nitrogen and oxygen atoms in total. The minimum atomic E-state index is -0.487. The third-order valence-electron chi connectivity index (χ3n) is 2.59. The number of amidine groups is 1. The van der Waals surface area contributed by atoms with Crippen LogP contribution >= 0.6 is 0 Å². The van der Waals surface area contributed by atoms with Gasteiger partial charge < -0.3 is 10.1 Å². The molecular formula is C12H20N6O2. The number of carbonyl (C=O) groups excluding carboxylic acids is 1. The first kappa shape index (κ1) is 14.3. The van der Waals surface area contributed by atoms with Crippen molar-refractivity contribution in [3.63, 3.8) is 0 Å². The van der Waals surface area contributed by atoms with E-state index < -0.39 is 5.60 Å². The van der Waals surface area contributed by atoms with E-state index in [0.717, 1.165) is 11.7 Å². The summed E-state index contributed by atoms with van der Waals surface area (Å²) in [5.74, 6) is 1.47. The van der Waals surface area contributed by atoms with E-state index in [-0.39, 0.29) is 6.09 Å². The largest absolute Gasteiger partial charge is 0.444 e. The van der Waals surface area contributed by atoms with Gasteiger partial charge in [-0.05, 0) is 20.8 Å². The van der Waals surface area contributed by atoms with E-state index in [1.165, 1.54) is 6.33 Å². The van der Waals surface area contributed by atoms with Crippen LogP contribution in [0.5, 0.6) is 0 Å². The highest BCUT2D eigenvalue weighted by Crippen LogP contribution is 2.10. The Labute approximate surface area is 117 Å². The van der Waals surface area contributed by atoms with Crippen LogP contribution in [0.2, 0.25) is 0 Å². The van der Waals surface area contributed by atoms with Crippen molar-refractivity contribution in [3.05, 3.63) is 12.2 Å². The number of H-pyrrole nitrogens is 1. The Hall–Kier alpha value is -2.12. The number of carbonyl (C=O) groups is 1. The quantitative estimate of drug-likeness (QED) is 0.824. The Morgan fingerprint density at radius 3 is 3.00 bits per heavy atom. The average molecular weight is 280 g/mol. The number of ether oxygens (including phenoxy) is 1. The van der Waals surface area contributed by atoms with Crippen molar-refractivity contribution in [1.29, 1.82) is 0 Å². The smallest absolute Gasteiger partial charge is 0.410 e. The van der Waals surface area contributed by atoms with Crippen molar-refractivity contribution in [2.45, 2.75) is 32.9 Å². The monoisotopic (exact) mass is 280 g/mol. The van der Waals surface area contributed by atoms with Crippen molar-refractivity contribution >= 4 is 11.9 Å². The molecule has 0 spiro atoms. The lowest BCUT2D eigenvalue weighted by molar-refractivity contribution is 0.0276. The van der Waals surface area contributed by atoms with Gasteiger partial charge in [0.25, 0.3) is 0 Å². The van der Waals surface area contributed by atoms with Crippen molar-refractivity contribution in [2.24, 2.45) is 4.99 Å². The van der Waals surface area contributed by atoms with Crippen LogP contribution in [0, 0.1) is 0 Å². The van der Waals surface area contributed by atoms with E-state index in [1.54, 1.807) is 4.90 Å². The highest BCUT2D eigenvalue weighted by Gasteiger charge is 2.24. The van der Waals surface area contributed by atoms with Crippen molar-refractivity contribution in [2.75, 3.05) is 19.6 Å². The molecule has 20 heavy (non-hydrogen) atoms. The van der Waals surface area contributed by atoms with Gasteiger partial charge in [0.2, 0.25) is 0 Å². The molecule has 0 saturated heterocycles. The summed E-state index contributed by atoms with van der Waals surface area (Å²) in [4.78, 5) is 22.0. The third kappa shape index (κ3) is 4.22. The second-order valence-electron chi connectivity index (χ2n) is 5.52. The number of aromatic amines is 1. The number of nitrogens with one attached hydrogen (secondary N) is 2. The maximum absolute atomic E-state index is 12.0. The fourth-order valence-electron chi connectivity index (χ4n) is 1.71. The van der Waals surface area contributed by atoms with Gasteiger partial charge in [-0.1, -0.05) is 0 Å². The van der Waals surface area contributed by atoms with Crippen molar-refractivity contribution < 1.29 is 9.53 Å². The first-order valence-electron chi connectivity index (χ1n) is 6.53. The SMILES string of the molecule is CC(C)(C)OC(=O)N1CCN=C(NCc2ncn[nH]2)C1. The van der Waals surface area contributed by atoms with E-state index >= 15 is 0 Å². The molecule has 1 aromatic heterocycles. The van der Waals surface area contributed by atoms with E-state index in [1.807, 2.05) is 20.8 Å². The van der Waals surface area contributed by atoms with Gasteiger partial charge in [0.05, 0.1) is 19.6 Å².